The number of halogens is 1. The van der Waals surface area contributed by atoms with Crippen molar-refractivity contribution in [3.63, 3.8) is 0 Å². The monoisotopic (exact) mass is 558 g/mol. The maximum Gasteiger partial charge on any atom is 0.256 e. The highest BCUT2D eigenvalue weighted by atomic mass is 35.5. The van der Waals surface area contributed by atoms with Crippen LogP contribution in [0.3, 0.4) is 0 Å². The first-order chi connectivity index (χ1) is 19.4. The van der Waals surface area contributed by atoms with E-state index in [0.717, 1.165) is 43.6 Å². The number of piperazine rings is 1. The fourth-order valence-corrected chi connectivity index (χ4v) is 5.71. The van der Waals surface area contributed by atoms with E-state index in [1.807, 2.05) is 52.3 Å². The molecule has 0 aliphatic carbocycles. The average Bonchev–Trinajstić information content (AvgIpc) is 3.53. The third kappa shape index (κ3) is 6.15. The standard InChI is InChI=1S/C32H35ClN4O3/c1-2-27(23-8-4-3-5-9-23)31(39)37-20-18-35(19-21-37)29-15-14-26(22-28(29)32(40)36-16-6-7-17-36)34-30(38)24-10-12-25(33)13-11-24/h3-5,8-15,22,27H,2,6-7,16-21H2,1H3,(H,34,38)/t27-/m0/s1. The Balaban J connectivity index is 1.33. The molecule has 2 fully saturated rings. The maximum atomic E-state index is 13.6. The minimum atomic E-state index is -0.264. The quantitative estimate of drug-likeness (QED) is 0.405. The lowest BCUT2D eigenvalue weighted by Gasteiger charge is -2.38. The second-order valence-electron chi connectivity index (χ2n) is 10.4. The second-order valence-corrected chi connectivity index (χ2v) is 10.8. The molecular weight excluding hydrogens is 524 g/mol. The number of carbonyl (C=O) groups is 3. The Bertz CT molecular complexity index is 1350. The molecule has 0 saturated carbocycles. The molecule has 2 heterocycles. The summed E-state index contributed by atoms with van der Waals surface area (Å²) in [7, 11) is 0. The van der Waals surface area contributed by atoms with Crippen LogP contribution in [0.1, 0.15) is 58.4 Å². The summed E-state index contributed by atoms with van der Waals surface area (Å²) in [4.78, 5) is 45.9. The molecule has 2 saturated heterocycles. The van der Waals surface area contributed by atoms with Crippen LogP contribution in [0, 0.1) is 0 Å². The van der Waals surface area contributed by atoms with Crippen LogP contribution >= 0.6 is 11.6 Å². The van der Waals surface area contributed by atoms with Crippen molar-refractivity contribution in [3.05, 3.63) is 94.5 Å². The smallest absolute Gasteiger partial charge is 0.256 e. The molecule has 2 aliphatic heterocycles. The molecule has 0 aromatic heterocycles. The number of carbonyl (C=O) groups excluding carboxylic acids is 3. The normalized spacial score (nSPS) is 16.1. The van der Waals surface area contributed by atoms with E-state index in [1.54, 1.807) is 30.3 Å². The number of anilines is 2. The first-order valence-corrected chi connectivity index (χ1v) is 14.4. The molecule has 40 heavy (non-hydrogen) atoms. The van der Waals surface area contributed by atoms with Crippen LogP contribution in [0.2, 0.25) is 5.02 Å². The van der Waals surface area contributed by atoms with Crippen molar-refractivity contribution in [2.75, 3.05) is 49.5 Å². The lowest BCUT2D eigenvalue weighted by molar-refractivity contribution is -0.133. The molecule has 3 aromatic carbocycles. The minimum Gasteiger partial charge on any atom is -0.367 e. The Morgan fingerprint density at radius 1 is 0.825 bits per heavy atom. The predicted octanol–water partition coefficient (Wildman–Crippen LogP) is 5.67. The zero-order valence-corrected chi connectivity index (χ0v) is 23.6. The fourth-order valence-electron chi connectivity index (χ4n) is 5.58. The second kappa shape index (κ2) is 12.6. The van der Waals surface area contributed by atoms with Crippen LogP contribution in [0.25, 0.3) is 0 Å². The summed E-state index contributed by atoms with van der Waals surface area (Å²) in [6.45, 7) is 5.97. The minimum absolute atomic E-state index is 0.0243. The molecule has 0 spiro atoms. The van der Waals surface area contributed by atoms with Crippen LogP contribution < -0.4 is 10.2 Å². The lowest BCUT2D eigenvalue weighted by Crippen LogP contribution is -2.50. The van der Waals surface area contributed by atoms with E-state index in [2.05, 4.69) is 17.1 Å². The largest absolute Gasteiger partial charge is 0.367 e. The first-order valence-electron chi connectivity index (χ1n) is 14.0. The molecule has 0 bridgehead atoms. The van der Waals surface area contributed by atoms with Crippen LogP contribution in [0.4, 0.5) is 11.4 Å². The molecule has 0 unspecified atom stereocenters. The molecule has 8 heteroatoms. The van der Waals surface area contributed by atoms with Gasteiger partial charge in [0, 0.05) is 61.2 Å². The Hall–Kier alpha value is -3.84. The van der Waals surface area contributed by atoms with Gasteiger partial charge < -0.3 is 20.0 Å². The molecule has 7 nitrogen and oxygen atoms in total. The third-order valence-electron chi connectivity index (χ3n) is 7.82. The van der Waals surface area contributed by atoms with Crippen LogP contribution in [-0.4, -0.2) is 66.8 Å². The molecule has 0 radical (unpaired) electrons. The summed E-state index contributed by atoms with van der Waals surface area (Å²) >= 11 is 5.96. The van der Waals surface area contributed by atoms with E-state index in [-0.39, 0.29) is 23.6 Å². The van der Waals surface area contributed by atoms with Crippen molar-refractivity contribution in [3.8, 4) is 0 Å². The van der Waals surface area contributed by atoms with Crippen molar-refractivity contribution in [1.29, 1.82) is 0 Å². The first kappa shape index (κ1) is 27.7. The summed E-state index contributed by atoms with van der Waals surface area (Å²) in [5.41, 5.74) is 3.51. The van der Waals surface area contributed by atoms with Gasteiger partial charge in [0.15, 0.2) is 0 Å². The molecular formula is C32H35ClN4O3. The molecule has 5 rings (SSSR count). The number of hydrogen-bond donors (Lipinski definition) is 1. The summed E-state index contributed by atoms with van der Waals surface area (Å²) in [5, 5.41) is 3.49. The predicted molar refractivity (Wildman–Crippen MR) is 159 cm³/mol. The number of hydrogen-bond acceptors (Lipinski definition) is 4. The van der Waals surface area contributed by atoms with Gasteiger partial charge in [0.1, 0.15) is 0 Å². The number of rotatable bonds is 7. The van der Waals surface area contributed by atoms with Gasteiger partial charge in [-0.2, -0.15) is 0 Å². The zero-order chi connectivity index (χ0) is 28.1. The molecule has 2 aliphatic rings. The van der Waals surface area contributed by atoms with E-state index in [9.17, 15) is 14.4 Å². The number of benzene rings is 3. The topological polar surface area (TPSA) is 73.0 Å². The highest BCUT2D eigenvalue weighted by Crippen LogP contribution is 2.30. The number of nitrogens with zero attached hydrogens (tertiary/aromatic N) is 3. The van der Waals surface area contributed by atoms with E-state index in [0.29, 0.717) is 48.0 Å². The van der Waals surface area contributed by atoms with Crippen molar-refractivity contribution in [2.45, 2.75) is 32.1 Å². The van der Waals surface area contributed by atoms with Gasteiger partial charge >= 0.3 is 0 Å². The molecule has 1 N–H and O–H groups in total. The SMILES string of the molecule is CC[C@H](C(=O)N1CCN(c2ccc(NC(=O)c3ccc(Cl)cc3)cc2C(=O)N2CCCC2)CC1)c1ccccc1. The van der Waals surface area contributed by atoms with Gasteiger partial charge in [-0.25, -0.2) is 0 Å². The molecule has 3 amide bonds. The Labute approximate surface area is 240 Å². The van der Waals surface area contributed by atoms with E-state index < -0.39 is 0 Å². The maximum absolute atomic E-state index is 13.6. The number of nitrogens with one attached hydrogen (secondary N) is 1. The van der Waals surface area contributed by atoms with E-state index >= 15 is 0 Å². The van der Waals surface area contributed by atoms with Gasteiger partial charge in [-0.3, -0.25) is 14.4 Å². The average molecular weight is 559 g/mol. The molecule has 208 valence electrons. The van der Waals surface area contributed by atoms with Crippen LogP contribution in [-0.2, 0) is 4.79 Å². The van der Waals surface area contributed by atoms with Crippen molar-refractivity contribution in [2.24, 2.45) is 0 Å². The summed E-state index contributed by atoms with van der Waals surface area (Å²) in [6, 6.07) is 22.2. The Morgan fingerprint density at radius 3 is 2.15 bits per heavy atom. The van der Waals surface area contributed by atoms with Crippen LogP contribution in [0.5, 0.6) is 0 Å². The zero-order valence-electron chi connectivity index (χ0n) is 22.8. The van der Waals surface area contributed by atoms with E-state index in [1.165, 1.54) is 0 Å². The van der Waals surface area contributed by atoms with Crippen molar-refractivity contribution in [1.82, 2.24) is 9.80 Å². The highest BCUT2D eigenvalue weighted by molar-refractivity contribution is 6.30. The third-order valence-corrected chi connectivity index (χ3v) is 8.08. The van der Waals surface area contributed by atoms with Gasteiger partial charge in [-0.05, 0) is 67.3 Å². The summed E-state index contributed by atoms with van der Waals surface area (Å²) < 4.78 is 0. The van der Waals surface area contributed by atoms with E-state index in [4.69, 9.17) is 11.6 Å². The van der Waals surface area contributed by atoms with Crippen LogP contribution in [0.15, 0.2) is 72.8 Å². The molecule has 3 aromatic rings. The highest BCUT2D eigenvalue weighted by Gasteiger charge is 2.30. The lowest BCUT2D eigenvalue weighted by atomic mass is 9.94. The Morgan fingerprint density at radius 2 is 1.50 bits per heavy atom. The number of likely N-dealkylation sites (tertiary alicyclic amines) is 1. The summed E-state index contributed by atoms with van der Waals surface area (Å²) in [6.07, 6.45) is 2.74. The van der Waals surface area contributed by atoms with Gasteiger partial charge in [0.05, 0.1) is 11.5 Å². The Kier molecular flexibility index (Phi) is 8.70. The van der Waals surface area contributed by atoms with Crippen molar-refractivity contribution >= 4 is 40.7 Å². The van der Waals surface area contributed by atoms with Gasteiger partial charge in [0.2, 0.25) is 5.91 Å². The van der Waals surface area contributed by atoms with Gasteiger partial charge in [-0.1, -0.05) is 48.9 Å². The fraction of sp³-hybridized carbons (Fsp3) is 0.344. The van der Waals surface area contributed by atoms with Gasteiger partial charge in [-0.15, -0.1) is 0 Å². The van der Waals surface area contributed by atoms with Gasteiger partial charge in [0.25, 0.3) is 11.8 Å². The number of amides is 3. The molecule has 1 atom stereocenters. The summed E-state index contributed by atoms with van der Waals surface area (Å²) in [5.74, 6) is -0.283. The van der Waals surface area contributed by atoms with Crippen molar-refractivity contribution < 1.29 is 14.4 Å².